The van der Waals surface area contributed by atoms with Crippen molar-refractivity contribution in [3.05, 3.63) is 18.5 Å². The summed E-state index contributed by atoms with van der Waals surface area (Å²) in [7, 11) is 0. The zero-order valence-corrected chi connectivity index (χ0v) is 13.5. The molecule has 1 aliphatic carbocycles. The van der Waals surface area contributed by atoms with Crippen LogP contribution >= 0.6 is 0 Å². The molecule has 0 bridgehead atoms. The Balaban J connectivity index is 1.91. The van der Waals surface area contributed by atoms with E-state index in [4.69, 9.17) is 0 Å². The molecule has 1 heterocycles. The molecule has 6 nitrogen and oxygen atoms in total. The minimum absolute atomic E-state index is 0.00523. The van der Waals surface area contributed by atoms with Crippen LogP contribution in [0.15, 0.2) is 18.5 Å². The summed E-state index contributed by atoms with van der Waals surface area (Å²) >= 11 is 0. The van der Waals surface area contributed by atoms with Crippen molar-refractivity contribution in [3.8, 4) is 0 Å². The zero-order valence-electron chi connectivity index (χ0n) is 13.5. The van der Waals surface area contributed by atoms with Crippen LogP contribution < -0.4 is 5.32 Å². The molecular formula is C16H27N5O. The lowest BCUT2D eigenvalue weighted by molar-refractivity contribution is -0.125. The Morgan fingerprint density at radius 2 is 2.18 bits per heavy atom. The molecule has 1 aromatic rings. The summed E-state index contributed by atoms with van der Waals surface area (Å²) < 4.78 is 0. The maximum Gasteiger partial charge on any atom is 0.223 e. The fourth-order valence-electron chi connectivity index (χ4n) is 3.01. The number of hydrogen-bond acceptors (Lipinski definition) is 4. The van der Waals surface area contributed by atoms with Crippen LogP contribution in [0.2, 0.25) is 0 Å². The number of amides is 1. The number of carbonyl (C=O) groups is 1. The number of nitrogens with zero attached hydrogens (tertiary/aromatic N) is 4. The molecule has 1 aromatic heterocycles. The van der Waals surface area contributed by atoms with Gasteiger partial charge < -0.3 is 5.32 Å². The molecule has 22 heavy (non-hydrogen) atoms. The van der Waals surface area contributed by atoms with Crippen molar-refractivity contribution in [2.24, 2.45) is 5.92 Å². The van der Waals surface area contributed by atoms with Gasteiger partial charge in [0.1, 0.15) is 0 Å². The van der Waals surface area contributed by atoms with Crippen molar-refractivity contribution in [2.45, 2.75) is 70.9 Å². The average Bonchev–Trinajstić information content (AvgIpc) is 3.19. The van der Waals surface area contributed by atoms with Gasteiger partial charge >= 0.3 is 0 Å². The van der Waals surface area contributed by atoms with Crippen LogP contribution in [0.3, 0.4) is 0 Å². The third-order valence-electron chi connectivity index (χ3n) is 4.37. The van der Waals surface area contributed by atoms with E-state index in [1.54, 1.807) is 0 Å². The topological polar surface area (TPSA) is 72.7 Å². The number of tetrazole rings is 1. The molecule has 0 aromatic carbocycles. The van der Waals surface area contributed by atoms with Gasteiger partial charge in [-0.15, -0.1) is 10.2 Å². The maximum atomic E-state index is 12.4. The molecule has 1 atom stereocenters. The number of hydrogen-bond donors (Lipinski definition) is 1. The number of aromatic nitrogens is 4. The summed E-state index contributed by atoms with van der Waals surface area (Å²) in [4.78, 5) is 13.9. The molecule has 1 aliphatic rings. The van der Waals surface area contributed by atoms with Crippen LogP contribution in [0.25, 0.3) is 0 Å². The first-order valence-electron chi connectivity index (χ1n) is 8.39. The first-order chi connectivity index (χ1) is 10.7. The second-order valence-electron chi connectivity index (χ2n) is 6.16. The minimum atomic E-state index is 0.00523. The Morgan fingerprint density at radius 3 is 2.82 bits per heavy atom. The highest BCUT2D eigenvalue weighted by Crippen LogP contribution is 2.25. The second-order valence-corrected chi connectivity index (χ2v) is 6.16. The highest BCUT2D eigenvalue weighted by Gasteiger charge is 2.25. The molecular weight excluding hydrogens is 278 g/mol. The van der Waals surface area contributed by atoms with Crippen LogP contribution in [0.5, 0.6) is 0 Å². The Labute approximate surface area is 132 Å². The molecule has 1 saturated carbocycles. The molecule has 0 saturated heterocycles. The van der Waals surface area contributed by atoms with E-state index in [-0.39, 0.29) is 17.9 Å². The predicted molar refractivity (Wildman–Crippen MR) is 85.0 cm³/mol. The van der Waals surface area contributed by atoms with E-state index in [1.807, 2.05) is 0 Å². The van der Waals surface area contributed by atoms with E-state index in [0.717, 1.165) is 31.3 Å². The molecule has 1 fully saturated rings. The van der Waals surface area contributed by atoms with Gasteiger partial charge in [0.15, 0.2) is 6.33 Å². The first kappa shape index (κ1) is 16.6. The molecule has 0 aliphatic heterocycles. The van der Waals surface area contributed by atoms with E-state index in [0.29, 0.717) is 6.54 Å². The van der Waals surface area contributed by atoms with Crippen LogP contribution in [0.4, 0.5) is 0 Å². The monoisotopic (exact) mass is 305 g/mol. The van der Waals surface area contributed by atoms with E-state index < -0.39 is 0 Å². The fourth-order valence-corrected chi connectivity index (χ4v) is 3.01. The van der Waals surface area contributed by atoms with Crippen molar-refractivity contribution in [1.82, 2.24) is 25.5 Å². The lowest BCUT2D eigenvalue weighted by Crippen LogP contribution is -2.40. The van der Waals surface area contributed by atoms with Gasteiger partial charge in [-0.1, -0.05) is 45.6 Å². The molecule has 0 radical (unpaired) electrons. The summed E-state index contributed by atoms with van der Waals surface area (Å²) in [6.45, 7) is 6.83. The van der Waals surface area contributed by atoms with Gasteiger partial charge in [-0.25, -0.2) is 0 Å². The summed E-state index contributed by atoms with van der Waals surface area (Å²) in [6, 6.07) is 0.00523. The van der Waals surface area contributed by atoms with Gasteiger partial charge in [0, 0.05) is 5.92 Å². The van der Waals surface area contributed by atoms with Crippen molar-refractivity contribution in [2.75, 3.05) is 0 Å². The summed E-state index contributed by atoms with van der Waals surface area (Å²) in [5.74, 6) is 0.373. The van der Waals surface area contributed by atoms with Crippen LogP contribution in [-0.4, -0.2) is 32.2 Å². The molecule has 0 spiro atoms. The fraction of sp³-hybridized carbons (Fsp3) is 0.750. The smallest absolute Gasteiger partial charge is 0.223 e. The Morgan fingerprint density at radius 1 is 1.41 bits per heavy atom. The van der Waals surface area contributed by atoms with Gasteiger partial charge in [-0.05, 0) is 30.0 Å². The SMILES string of the molecule is C=C(Cn1ncnn1)C(CCCCC)NC(=O)C1CCCC1. The Bertz CT molecular complexity index is 465. The largest absolute Gasteiger partial charge is 0.349 e. The van der Waals surface area contributed by atoms with E-state index in [2.05, 4.69) is 34.2 Å². The standard InChI is InChI=1S/C16H27N5O/c1-3-4-5-10-15(13(2)11-21-18-12-17-20-21)19-16(22)14-8-6-7-9-14/h12,14-15H,2-11H2,1H3,(H,19,22). The third kappa shape index (κ3) is 4.93. The third-order valence-corrected chi connectivity index (χ3v) is 4.37. The summed E-state index contributed by atoms with van der Waals surface area (Å²) in [5, 5.41) is 14.8. The molecule has 2 rings (SSSR count). The van der Waals surface area contributed by atoms with E-state index in [1.165, 1.54) is 36.8 Å². The lowest BCUT2D eigenvalue weighted by Gasteiger charge is -2.22. The average molecular weight is 305 g/mol. The Hall–Kier alpha value is -1.72. The zero-order chi connectivity index (χ0) is 15.8. The van der Waals surface area contributed by atoms with Crippen LogP contribution in [0, 0.1) is 5.92 Å². The van der Waals surface area contributed by atoms with Gasteiger partial charge in [-0.2, -0.15) is 4.80 Å². The van der Waals surface area contributed by atoms with Crippen LogP contribution in [-0.2, 0) is 11.3 Å². The summed E-state index contributed by atoms with van der Waals surface area (Å²) in [6.07, 6.45) is 10.2. The number of rotatable bonds is 9. The maximum absolute atomic E-state index is 12.4. The molecule has 6 heteroatoms. The van der Waals surface area contributed by atoms with Gasteiger partial charge in [-0.3, -0.25) is 4.79 Å². The number of unbranched alkanes of at least 4 members (excludes halogenated alkanes) is 2. The molecule has 1 unspecified atom stereocenters. The molecule has 1 N–H and O–H groups in total. The number of nitrogens with one attached hydrogen (secondary N) is 1. The second kappa shape index (κ2) is 8.66. The highest BCUT2D eigenvalue weighted by atomic mass is 16.1. The van der Waals surface area contributed by atoms with Crippen molar-refractivity contribution < 1.29 is 4.79 Å². The van der Waals surface area contributed by atoms with Gasteiger partial charge in [0.25, 0.3) is 0 Å². The van der Waals surface area contributed by atoms with Crippen molar-refractivity contribution in [3.63, 3.8) is 0 Å². The number of carbonyl (C=O) groups excluding carboxylic acids is 1. The summed E-state index contributed by atoms with van der Waals surface area (Å²) in [5.41, 5.74) is 0.945. The first-order valence-corrected chi connectivity index (χ1v) is 8.39. The predicted octanol–water partition coefficient (Wildman–Crippen LogP) is 2.48. The molecule has 122 valence electrons. The van der Waals surface area contributed by atoms with Gasteiger partial charge in [0.05, 0.1) is 12.6 Å². The van der Waals surface area contributed by atoms with Crippen molar-refractivity contribution >= 4 is 5.91 Å². The highest BCUT2D eigenvalue weighted by molar-refractivity contribution is 5.79. The quantitative estimate of drug-likeness (QED) is 0.562. The Kier molecular flexibility index (Phi) is 6.55. The lowest BCUT2D eigenvalue weighted by atomic mass is 9.99. The molecule has 1 amide bonds. The van der Waals surface area contributed by atoms with Gasteiger partial charge in [0.2, 0.25) is 5.91 Å². The van der Waals surface area contributed by atoms with Crippen LogP contribution in [0.1, 0.15) is 58.3 Å². The minimum Gasteiger partial charge on any atom is -0.349 e. The van der Waals surface area contributed by atoms with E-state index in [9.17, 15) is 4.79 Å². The van der Waals surface area contributed by atoms with E-state index >= 15 is 0 Å². The normalized spacial score (nSPS) is 16.6. The van der Waals surface area contributed by atoms with Crippen molar-refractivity contribution in [1.29, 1.82) is 0 Å².